The molecule has 0 fully saturated rings. The van der Waals surface area contributed by atoms with E-state index < -0.39 is 0 Å². The first-order valence-corrected chi connectivity index (χ1v) is 6.75. The lowest BCUT2D eigenvalue weighted by Crippen LogP contribution is -2.29. The fourth-order valence-electron chi connectivity index (χ4n) is 2.48. The van der Waals surface area contributed by atoms with Gasteiger partial charge in [0, 0.05) is 12.6 Å². The van der Waals surface area contributed by atoms with Crippen molar-refractivity contribution in [3.63, 3.8) is 0 Å². The van der Waals surface area contributed by atoms with Crippen molar-refractivity contribution < 1.29 is 9.53 Å². The number of benzene rings is 1. The van der Waals surface area contributed by atoms with E-state index in [9.17, 15) is 4.79 Å². The van der Waals surface area contributed by atoms with Crippen molar-refractivity contribution in [2.75, 3.05) is 11.9 Å². The molecular formula is C15H18N2O2. The molecule has 2 N–H and O–H groups in total. The van der Waals surface area contributed by atoms with Crippen molar-refractivity contribution >= 4 is 11.6 Å². The van der Waals surface area contributed by atoms with Crippen LogP contribution in [0.5, 0.6) is 5.75 Å². The van der Waals surface area contributed by atoms with Gasteiger partial charge in [-0.3, -0.25) is 4.79 Å². The Hall–Kier alpha value is -1.81. The first-order chi connectivity index (χ1) is 9.31. The second kappa shape index (κ2) is 5.45. The third kappa shape index (κ3) is 2.96. The van der Waals surface area contributed by atoms with Gasteiger partial charge in [-0.05, 0) is 37.0 Å². The van der Waals surface area contributed by atoms with Gasteiger partial charge >= 0.3 is 0 Å². The van der Waals surface area contributed by atoms with Gasteiger partial charge in [-0.15, -0.1) is 0 Å². The number of rotatable bonds is 3. The van der Waals surface area contributed by atoms with Gasteiger partial charge in [0.05, 0.1) is 5.69 Å². The molecular weight excluding hydrogens is 240 g/mol. The molecule has 100 valence electrons. The lowest BCUT2D eigenvalue weighted by molar-refractivity contribution is -0.118. The molecule has 1 atom stereocenters. The Labute approximate surface area is 112 Å². The normalized spacial score (nSPS) is 21.5. The van der Waals surface area contributed by atoms with E-state index in [1.54, 1.807) is 0 Å². The molecule has 1 aromatic carbocycles. The van der Waals surface area contributed by atoms with Crippen molar-refractivity contribution in [3.8, 4) is 5.75 Å². The van der Waals surface area contributed by atoms with Crippen LogP contribution in [0.15, 0.2) is 30.4 Å². The fraction of sp³-hybridized carbons (Fsp3) is 0.400. The SMILES string of the molecule is O=C1COc2ccc(CNC3CC=CCC3)cc2N1. The summed E-state index contributed by atoms with van der Waals surface area (Å²) in [6.45, 7) is 0.931. The second-order valence-corrected chi connectivity index (χ2v) is 5.03. The van der Waals surface area contributed by atoms with Gasteiger partial charge in [0.1, 0.15) is 5.75 Å². The van der Waals surface area contributed by atoms with Gasteiger partial charge in [0.25, 0.3) is 5.91 Å². The molecule has 0 aromatic heterocycles. The van der Waals surface area contributed by atoms with E-state index in [0.29, 0.717) is 6.04 Å². The summed E-state index contributed by atoms with van der Waals surface area (Å²) in [7, 11) is 0. The minimum Gasteiger partial charge on any atom is -0.482 e. The lowest BCUT2D eigenvalue weighted by atomic mass is 10.0. The molecule has 4 heteroatoms. The Morgan fingerprint density at radius 3 is 3.16 bits per heavy atom. The summed E-state index contributed by atoms with van der Waals surface area (Å²) < 4.78 is 5.34. The highest BCUT2D eigenvalue weighted by Crippen LogP contribution is 2.28. The predicted molar refractivity (Wildman–Crippen MR) is 74.2 cm³/mol. The van der Waals surface area contributed by atoms with Gasteiger partial charge in [-0.2, -0.15) is 0 Å². The Morgan fingerprint density at radius 1 is 1.37 bits per heavy atom. The predicted octanol–water partition coefficient (Wildman–Crippen LogP) is 2.22. The second-order valence-electron chi connectivity index (χ2n) is 5.03. The summed E-state index contributed by atoms with van der Waals surface area (Å²) in [5.41, 5.74) is 1.94. The van der Waals surface area contributed by atoms with Crippen molar-refractivity contribution in [2.45, 2.75) is 31.8 Å². The molecule has 0 saturated heterocycles. The van der Waals surface area contributed by atoms with E-state index in [0.717, 1.165) is 30.8 Å². The van der Waals surface area contributed by atoms with Crippen LogP contribution in [0.25, 0.3) is 0 Å². The van der Waals surface area contributed by atoms with E-state index in [-0.39, 0.29) is 12.5 Å². The highest BCUT2D eigenvalue weighted by molar-refractivity contribution is 5.95. The lowest BCUT2D eigenvalue weighted by Gasteiger charge is -2.21. The van der Waals surface area contributed by atoms with Gasteiger partial charge < -0.3 is 15.4 Å². The van der Waals surface area contributed by atoms with Gasteiger partial charge in [-0.1, -0.05) is 18.2 Å². The van der Waals surface area contributed by atoms with Crippen LogP contribution in [0, 0.1) is 0 Å². The molecule has 1 aromatic rings. The number of hydrogen-bond acceptors (Lipinski definition) is 3. The van der Waals surface area contributed by atoms with E-state index in [1.165, 1.54) is 12.0 Å². The van der Waals surface area contributed by atoms with E-state index in [2.05, 4.69) is 22.8 Å². The van der Waals surface area contributed by atoms with Crippen LogP contribution in [-0.4, -0.2) is 18.6 Å². The summed E-state index contributed by atoms with van der Waals surface area (Å²) in [6, 6.07) is 6.51. The maximum Gasteiger partial charge on any atom is 0.262 e. The third-order valence-corrected chi connectivity index (χ3v) is 3.54. The topological polar surface area (TPSA) is 50.4 Å². The smallest absolute Gasteiger partial charge is 0.262 e. The van der Waals surface area contributed by atoms with E-state index in [1.807, 2.05) is 18.2 Å². The van der Waals surface area contributed by atoms with Crippen molar-refractivity contribution in [2.24, 2.45) is 0 Å². The Bertz CT molecular complexity index is 511. The number of carbonyl (C=O) groups is 1. The molecule has 3 rings (SSSR count). The summed E-state index contributed by atoms with van der Waals surface area (Å²) in [5, 5.41) is 6.39. The molecule has 1 heterocycles. The molecule has 0 saturated carbocycles. The number of nitrogens with one attached hydrogen (secondary N) is 2. The third-order valence-electron chi connectivity index (χ3n) is 3.54. The summed E-state index contributed by atoms with van der Waals surface area (Å²) in [5.74, 6) is 0.666. The summed E-state index contributed by atoms with van der Waals surface area (Å²) >= 11 is 0. The molecule has 0 radical (unpaired) electrons. The van der Waals surface area contributed by atoms with Gasteiger partial charge in [-0.25, -0.2) is 0 Å². The Kier molecular flexibility index (Phi) is 3.51. The number of carbonyl (C=O) groups excluding carboxylic acids is 1. The molecule has 1 aliphatic carbocycles. The van der Waals surface area contributed by atoms with Crippen molar-refractivity contribution in [3.05, 3.63) is 35.9 Å². The van der Waals surface area contributed by atoms with Crippen LogP contribution in [0.2, 0.25) is 0 Å². The monoisotopic (exact) mass is 258 g/mol. The van der Waals surface area contributed by atoms with Gasteiger partial charge in [0.15, 0.2) is 6.61 Å². The van der Waals surface area contributed by atoms with Crippen LogP contribution < -0.4 is 15.4 Å². The minimum absolute atomic E-state index is 0.0879. The first-order valence-electron chi connectivity index (χ1n) is 6.75. The summed E-state index contributed by atoms with van der Waals surface area (Å²) in [6.07, 6.45) is 7.93. The number of allylic oxidation sites excluding steroid dienone is 1. The number of ether oxygens (including phenoxy) is 1. The number of anilines is 1. The zero-order chi connectivity index (χ0) is 13.1. The molecule has 4 nitrogen and oxygen atoms in total. The largest absolute Gasteiger partial charge is 0.482 e. The van der Waals surface area contributed by atoms with Crippen molar-refractivity contribution in [1.82, 2.24) is 5.32 Å². The molecule has 2 aliphatic rings. The molecule has 1 amide bonds. The van der Waals surface area contributed by atoms with Crippen LogP contribution in [0.1, 0.15) is 24.8 Å². The average Bonchev–Trinajstić information content (AvgIpc) is 2.46. The standard InChI is InChI=1S/C15H18N2O2/c18-15-10-19-14-7-6-11(8-13(14)17-15)9-16-12-4-2-1-3-5-12/h1-2,6-8,12,16H,3-5,9-10H2,(H,17,18). The quantitative estimate of drug-likeness (QED) is 0.817. The Morgan fingerprint density at radius 2 is 2.32 bits per heavy atom. The average molecular weight is 258 g/mol. The molecule has 0 spiro atoms. The zero-order valence-corrected chi connectivity index (χ0v) is 10.8. The molecule has 1 aliphatic heterocycles. The molecule has 1 unspecified atom stereocenters. The fourth-order valence-corrected chi connectivity index (χ4v) is 2.48. The van der Waals surface area contributed by atoms with Crippen LogP contribution in [-0.2, 0) is 11.3 Å². The van der Waals surface area contributed by atoms with Crippen LogP contribution >= 0.6 is 0 Å². The molecule has 0 bridgehead atoms. The highest BCUT2D eigenvalue weighted by atomic mass is 16.5. The minimum atomic E-state index is -0.0879. The van der Waals surface area contributed by atoms with Crippen LogP contribution in [0.4, 0.5) is 5.69 Å². The van der Waals surface area contributed by atoms with Crippen LogP contribution in [0.3, 0.4) is 0 Å². The highest BCUT2D eigenvalue weighted by Gasteiger charge is 2.16. The number of hydrogen-bond donors (Lipinski definition) is 2. The molecule has 19 heavy (non-hydrogen) atoms. The zero-order valence-electron chi connectivity index (χ0n) is 10.8. The van der Waals surface area contributed by atoms with Crippen molar-refractivity contribution in [1.29, 1.82) is 0 Å². The first kappa shape index (κ1) is 12.2. The van der Waals surface area contributed by atoms with Gasteiger partial charge in [0.2, 0.25) is 0 Å². The summed E-state index contributed by atoms with van der Waals surface area (Å²) in [4.78, 5) is 11.3. The maximum atomic E-state index is 11.3. The Balaban J connectivity index is 1.63. The van der Waals surface area contributed by atoms with E-state index in [4.69, 9.17) is 4.74 Å². The van der Waals surface area contributed by atoms with E-state index >= 15 is 0 Å². The number of amides is 1. The maximum absolute atomic E-state index is 11.3. The number of fused-ring (bicyclic) bond motifs is 1.